The van der Waals surface area contributed by atoms with E-state index in [1.165, 1.54) is 19.3 Å². The Kier molecular flexibility index (Phi) is 2.40. The zero-order chi connectivity index (χ0) is 12.9. The van der Waals surface area contributed by atoms with Crippen molar-refractivity contribution in [1.82, 2.24) is 19.3 Å². The van der Waals surface area contributed by atoms with Crippen molar-refractivity contribution in [3.05, 3.63) is 5.69 Å². The lowest BCUT2D eigenvalue weighted by molar-refractivity contribution is 0.414. The van der Waals surface area contributed by atoms with E-state index in [-0.39, 0.29) is 0 Å². The molecule has 1 fully saturated rings. The first kappa shape index (κ1) is 11.6. The molecule has 0 bridgehead atoms. The summed E-state index contributed by atoms with van der Waals surface area (Å²) in [7, 11) is 1.98. The lowest BCUT2D eigenvalue weighted by Crippen LogP contribution is -2.14. The molecule has 2 heterocycles. The van der Waals surface area contributed by atoms with Crippen molar-refractivity contribution in [1.29, 1.82) is 0 Å². The number of imidazole rings is 1. The molecule has 1 aliphatic carbocycles. The van der Waals surface area contributed by atoms with Gasteiger partial charge in [-0.05, 0) is 31.1 Å². The third kappa shape index (κ3) is 1.53. The summed E-state index contributed by atoms with van der Waals surface area (Å²) in [5.41, 5.74) is 9.64. The Balaban J connectivity index is 2.10. The summed E-state index contributed by atoms with van der Waals surface area (Å²) in [6, 6.07) is 0. The predicted molar refractivity (Wildman–Crippen MR) is 72.2 cm³/mol. The smallest absolute Gasteiger partial charge is 0.202 e. The monoisotopic (exact) mass is 247 g/mol. The molecule has 0 radical (unpaired) electrons. The van der Waals surface area contributed by atoms with E-state index in [4.69, 9.17) is 5.73 Å². The van der Waals surface area contributed by atoms with Gasteiger partial charge in [-0.15, -0.1) is 0 Å². The molecule has 0 aromatic carbocycles. The van der Waals surface area contributed by atoms with Crippen LogP contribution >= 0.6 is 0 Å². The van der Waals surface area contributed by atoms with Crippen molar-refractivity contribution >= 4 is 17.1 Å². The van der Waals surface area contributed by atoms with Crippen LogP contribution in [0, 0.1) is 5.41 Å². The first-order valence-electron chi connectivity index (χ1n) is 6.78. The van der Waals surface area contributed by atoms with Crippen molar-refractivity contribution in [3.8, 4) is 0 Å². The molecule has 0 unspecified atom stereocenters. The van der Waals surface area contributed by atoms with Crippen molar-refractivity contribution in [2.75, 3.05) is 5.73 Å². The number of nitrogens with zero attached hydrogens (tertiary/aromatic N) is 4. The molecule has 2 N–H and O–H groups in total. The standard InChI is InChI=1S/C13H21N5/c1-4-9-10-11(17(3)16-9)18(12(14)15-10)8-13(5-2)6-7-13/h4-8H2,1-3H3,(H2,14,15). The summed E-state index contributed by atoms with van der Waals surface area (Å²) in [5.74, 6) is 0.632. The Hall–Kier alpha value is -1.52. The Morgan fingerprint density at radius 1 is 1.33 bits per heavy atom. The van der Waals surface area contributed by atoms with E-state index in [0.717, 1.165) is 29.8 Å². The summed E-state index contributed by atoms with van der Waals surface area (Å²) in [6.07, 6.45) is 4.72. The van der Waals surface area contributed by atoms with Crippen LogP contribution in [0.4, 0.5) is 5.95 Å². The zero-order valence-electron chi connectivity index (χ0n) is 11.4. The summed E-state index contributed by atoms with van der Waals surface area (Å²) >= 11 is 0. The third-order valence-electron chi connectivity index (χ3n) is 4.36. The van der Waals surface area contributed by atoms with Crippen molar-refractivity contribution in [3.63, 3.8) is 0 Å². The maximum Gasteiger partial charge on any atom is 0.202 e. The molecule has 1 aliphatic rings. The molecule has 0 saturated heterocycles. The number of aromatic nitrogens is 4. The van der Waals surface area contributed by atoms with Gasteiger partial charge in [-0.2, -0.15) is 5.10 Å². The second kappa shape index (κ2) is 3.73. The van der Waals surface area contributed by atoms with Gasteiger partial charge >= 0.3 is 0 Å². The number of rotatable bonds is 4. The molecule has 5 heteroatoms. The maximum atomic E-state index is 6.09. The molecule has 0 aliphatic heterocycles. The molecule has 18 heavy (non-hydrogen) atoms. The molecule has 5 nitrogen and oxygen atoms in total. The summed E-state index contributed by atoms with van der Waals surface area (Å²) in [6.45, 7) is 5.35. The molecule has 0 atom stereocenters. The van der Waals surface area contributed by atoms with Gasteiger partial charge in [0.05, 0.1) is 5.69 Å². The molecular weight excluding hydrogens is 226 g/mol. The highest BCUT2D eigenvalue weighted by Crippen LogP contribution is 2.50. The molecule has 2 aromatic rings. The first-order chi connectivity index (χ1) is 8.60. The quantitative estimate of drug-likeness (QED) is 0.900. The number of anilines is 1. The average Bonchev–Trinajstić information content (AvgIpc) is 2.98. The third-order valence-corrected chi connectivity index (χ3v) is 4.36. The minimum atomic E-state index is 0.457. The molecule has 0 amide bonds. The Labute approximate surface area is 107 Å². The number of nitrogen functional groups attached to an aromatic ring is 1. The molecular formula is C13H21N5. The SMILES string of the molecule is CCc1nn(C)c2c1nc(N)n2CC1(CC)CC1. The van der Waals surface area contributed by atoms with Gasteiger partial charge in [-0.3, -0.25) is 9.25 Å². The Morgan fingerprint density at radius 2 is 2.06 bits per heavy atom. The minimum absolute atomic E-state index is 0.457. The Bertz CT molecular complexity index is 588. The number of hydrogen-bond donors (Lipinski definition) is 1. The molecule has 3 rings (SSSR count). The van der Waals surface area contributed by atoms with Crippen molar-refractivity contribution in [2.24, 2.45) is 12.5 Å². The van der Waals surface area contributed by atoms with Crippen LogP contribution in [-0.2, 0) is 20.0 Å². The van der Waals surface area contributed by atoms with Crippen molar-refractivity contribution < 1.29 is 0 Å². The maximum absolute atomic E-state index is 6.09. The summed E-state index contributed by atoms with van der Waals surface area (Å²) in [5, 5.41) is 4.52. The van der Waals surface area contributed by atoms with Crippen LogP contribution in [0.25, 0.3) is 11.2 Å². The van der Waals surface area contributed by atoms with Gasteiger partial charge in [0.1, 0.15) is 5.52 Å². The van der Waals surface area contributed by atoms with Gasteiger partial charge in [-0.25, -0.2) is 4.98 Å². The van der Waals surface area contributed by atoms with Gasteiger partial charge in [-0.1, -0.05) is 13.8 Å². The van der Waals surface area contributed by atoms with E-state index in [9.17, 15) is 0 Å². The minimum Gasteiger partial charge on any atom is -0.369 e. The van der Waals surface area contributed by atoms with Crippen molar-refractivity contribution in [2.45, 2.75) is 46.1 Å². The lowest BCUT2D eigenvalue weighted by Gasteiger charge is -2.15. The van der Waals surface area contributed by atoms with Crippen LogP contribution in [0.1, 0.15) is 38.8 Å². The fourth-order valence-electron chi connectivity index (χ4n) is 2.79. The second-order valence-corrected chi connectivity index (χ2v) is 5.51. The van der Waals surface area contributed by atoms with Gasteiger partial charge in [0.25, 0.3) is 0 Å². The Morgan fingerprint density at radius 3 is 2.61 bits per heavy atom. The van der Waals surface area contributed by atoms with Gasteiger partial charge in [0.15, 0.2) is 5.65 Å². The van der Waals surface area contributed by atoms with Gasteiger partial charge < -0.3 is 5.73 Å². The topological polar surface area (TPSA) is 61.7 Å². The fraction of sp³-hybridized carbons (Fsp3) is 0.692. The van der Waals surface area contributed by atoms with E-state index < -0.39 is 0 Å². The van der Waals surface area contributed by atoms with Crippen LogP contribution in [0.15, 0.2) is 0 Å². The average molecular weight is 247 g/mol. The summed E-state index contributed by atoms with van der Waals surface area (Å²) < 4.78 is 4.07. The zero-order valence-corrected chi connectivity index (χ0v) is 11.4. The van der Waals surface area contributed by atoms with E-state index in [2.05, 4.69) is 28.5 Å². The predicted octanol–water partition coefficient (Wildman–Crippen LogP) is 2.10. The second-order valence-electron chi connectivity index (χ2n) is 5.51. The number of aryl methyl sites for hydroxylation is 2. The molecule has 0 spiro atoms. The molecule has 1 saturated carbocycles. The molecule has 98 valence electrons. The normalized spacial score (nSPS) is 17.5. The number of fused-ring (bicyclic) bond motifs is 1. The highest BCUT2D eigenvalue weighted by Gasteiger charge is 2.41. The summed E-state index contributed by atoms with van der Waals surface area (Å²) in [4.78, 5) is 4.51. The van der Waals surface area contributed by atoms with Gasteiger partial charge in [0.2, 0.25) is 5.95 Å². The van der Waals surface area contributed by atoms with Crippen LogP contribution in [-0.4, -0.2) is 19.3 Å². The van der Waals surface area contributed by atoms with Crippen LogP contribution in [0.5, 0.6) is 0 Å². The largest absolute Gasteiger partial charge is 0.369 e. The number of hydrogen-bond acceptors (Lipinski definition) is 3. The highest BCUT2D eigenvalue weighted by molar-refractivity contribution is 5.77. The van der Waals surface area contributed by atoms with E-state index in [0.29, 0.717) is 11.4 Å². The van der Waals surface area contributed by atoms with Gasteiger partial charge in [0, 0.05) is 13.6 Å². The first-order valence-corrected chi connectivity index (χ1v) is 6.78. The van der Waals surface area contributed by atoms with Crippen LogP contribution in [0.3, 0.4) is 0 Å². The van der Waals surface area contributed by atoms with Crippen LogP contribution < -0.4 is 5.73 Å². The van der Waals surface area contributed by atoms with Crippen LogP contribution in [0.2, 0.25) is 0 Å². The lowest BCUT2D eigenvalue weighted by atomic mass is 10.0. The fourth-order valence-corrected chi connectivity index (χ4v) is 2.79. The van der Waals surface area contributed by atoms with E-state index in [1.807, 2.05) is 11.7 Å². The van der Waals surface area contributed by atoms with E-state index >= 15 is 0 Å². The number of nitrogens with two attached hydrogens (primary N) is 1. The van der Waals surface area contributed by atoms with E-state index in [1.54, 1.807) is 0 Å². The molecule has 2 aromatic heterocycles. The highest BCUT2D eigenvalue weighted by atomic mass is 15.3.